The summed E-state index contributed by atoms with van der Waals surface area (Å²) >= 11 is 0. The average Bonchev–Trinajstić information content (AvgIpc) is 3.01. The van der Waals surface area contributed by atoms with Crippen molar-refractivity contribution < 1.29 is 18.3 Å². The summed E-state index contributed by atoms with van der Waals surface area (Å²) in [5.74, 6) is -0.777. The number of carbonyl (C=O) groups is 1. The minimum Gasteiger partial charge on any atom is -0.480 e. The van der Waals surface area contributed by atoms with Crippen LogP contribution in [0.1, 0.15) is 26.7 Å². The molecule has 0 unspecified atom stereocenters. The van der Waals surface area contributed by atoms with Crippen LogP contribution in [0.5, 0.6) is 0 Å². The van der Waals surface area contributed by atoms with Crippen LogP contribution in [-0.2, 0) is 15.0 Å². The van der Waals surface area contributed by atoms with Crippen LogP contribution in [0.25, 0.3) is 0 Å². The fourth-order valence-electron chi connectivity index (χ4n) is 1.69. The first-order chi connectivity index (χ1) is 7.91. The molecule has 0 radical (unpaired) electrons. The Morgan fingerprint density at radius 3 is 2.12 bits per heavy atom. The number of hydrogen-bond donors (Lipinski definition) is 1. The van der Waals surface area contributed by atoms with Crippen molar-refractivity contribution in [3.05, 3.63) is 0 Å². The molecule has 0 aliphatic heterocycles. The first-order valence-electron chi connectivity index (χ1n) is 5.88. The van der Waals surface area contributed by atoms with E-state index in [0.29, 0.717) is 25.6 Å². The van der Waals surface area contributed by atoms with E-state index in [1.54, 1.807) is 13.8 Å². The molecular weight excluding hydrogens is 244 g/mol. The van der Waals surface area contributed by atoms with Crippen molar-refractivity contribution >= 4 is 16.2 Å². The van der Waals surface area contributed by atoms with Gasteiger partial charge in [0.15, 0.2) is 0 Å². The number of nitrogens with zero attached hydrogens (tertiary/aromatic N) is 2. The fourth-order valence-corrected chi connectivity index (χ4v) is 3.34. The van der Waals surface area contributed by atoms with Crippen molar-refractivity contribution in [3.8, 4) is 0 Å². The average molecular weight is 264 g/mol. The van der Waals surface area contributed by atoms with E-state index in [1.165, 1.54) is 4.31 Å². The molecule has 0 heterocycles. The van der Waals surface area contributed by atoms with Crippen LogP contribution in [-0.4, -0.2) is 54.3 Å². The lowest BCUT2D eigenvalue weighted by Gasteiger charge is -2.27. The molecule has 17 heavy (non-hydrogen) atoms. The van der Waals surface area contributed by atoms with Gasteiger partial charge in [0.2, 0.25) is 0 Å². The first-order valence-corrected chi connectivity index (χ1v) is 7.28. The highest BCUT2D eigenvalue weighted by Crippen LogP contribution is 2.30. The third-order valence-electron chi connectivity index (χ3n) is 2.83. The van der Waals surface area contributed by atoms with Crippen LogP contribution in [0.2, 0.25) is 0 Å². The summed E-state index contributed by atoms with van der Waals surface area (Å²) in [6, 6.07) is 0. The Balaban J connectivity index is 2.81. The molecule has 0 amide bonds. The van der Waals surface area contributed by atoms with Gasteiger partial charge in [0.25, 0.3) is 10.2 Å². The number of rotatable bonds is 8. The van der Waals surface area contributed by atoms with Crippen molar-refractivity contribution in [3.63, 3.8) is 0 Å². The van der Waals surface area contributed by atoms with Gasteiger partial charge in [0, 0.05) is 19.6 Å². The Bertz CT molecular complexity index is 361. The molecule has 1 aliphatic rings. The summed E-state index contributed by atoms with van der Waals surface area (Å²) in [5.41, 5.74) is 0. The van der Waals surface area contributed by atoms with Gasteiger partial charge < -0.3 is 5.11 Å². The van der Waals surface area contributed by atoms with Gasteiger partial charge in [-0.25, -0.2) is 0 Å². The molecular formula is C10H20N2O4S. The molecule has 6 nitrogen and oxygen atoms in total. The molecule has 0 atom stereocenters. The highest BCUT2D eigenvalue weighted by atomic mass is 32.2. The second-order valence-corrected chi connectivity index (χ2v) is 6.15. The van der Waals surface area contributed by atoms with Crippen LogP contribution in [0.15, 0.2) is 0 Å². The minimum absolute atomic E-state index is 0.325. The van der Waals surface area contributed by atoms with Gasteiger partial charge in [-0.05, 0) is 18.8 Å². The molecule has 1 rings (SSSR count). The largest absolute Gasteiger partial charge is 0.480 e. The van der Waals surface area contributed by atoms with E-state index in [2.05, 4.69) is 0 Å². The number of hydrogen-bond acceptors (Lipinski definition) is 3. The summed E-state index contributed by atoms with van der Waals surface area (Å²) < 4.78 is 26.7. The lowest BCUT2D eigenvalue weighted by atomic mass is 10.4. The molecule has 0 aromatic heterocycles. The molecule has 1 N–H and O–H groups in total. The van der Waals surface area contributed by atoms with Crippen LogP contribution in [0.4, 0.5) is 0 Å². The molecule has 0 aromatic rings. The maximum absolute atomic E-state index is 12.2. The summed E-state index contributed by atoms with van der Waals surface area (Å²) in [7, 11) is -3.63. The summed E-state index contributed by atoms with van der Waals surface area (Å²) in [4.78, 5) is 10.7. The topological polar surface area (TPSA) is 77.9 Å². The van der Waals surface area contributed by atoms with E-state index in [4.69, 9.17) is 5.11 Å². The summed E-state index contributed by atoms with van der Waals surface area (Å²) in [6.45, 7) is 4.09. The molecule has 1 aliphatic carbocycles. The van der Waals surface area contributed by atoms with Gasteiger partial charge in [0.05, 0.1) is 0 Å². The maximum atomic E-state index is 12.2. The predicted molar refractivity (Wildman–Crippen MR) is 63.8 cm³/mol. The van der Waals surface area contributed by atoms with E-state index >= 15 is 0 Å². The quantitative estimate of drug-likeness (QED) is 0.687. The van der Waals surface area contributed by atoms with Crippen LogP contribution < -0.4 is 0 Å². The predicted octanol–water partition coefficient (Wildman–Crippen LogP) is 0.370. The van der Waals surface area contributed by atoms with E-state index in [9.17, 15) is 13.2 Å². The standard InChI is InChI=1S/C10H20N2O4S/c1-3-11(4-2)17(15,16)12(8-10(13)14)7-9-5-6-9/h9H,3-8H2,1-2H3,(H,13,14). The smallest absolute Gasteiger partial charge is 0.318 e. The second kappa shape index (κ2) is 5.79. The highest BCUT2D eigenvalue weighted by molar-refractivity contribution is 7.86. The third kappa shape index (κ3) is 3.93. The van der Waals surface area contributed by atoms with Crippen molar-refractivity contribution in [2.75, 3.05) is 26.2 Å². The van der Waals surface area contributed by atoms with Crippen LogP contribution >= 0.6 is 0 Å². The summed E-state index contributed by atoms with van der Waals surface area (Å²) in [5, 5.41) is 8.78. The lowest BCUT2D eigenvalue weighted by molar-refractivity contribution is -0.137. The van der Waals surface area contributed by atoms with E-state index < -0.39 is 22.7 Å². The Morgan fingerprint density at radius 2 is 1.76 bits per heavy atom. The van der Waals surface area contributed by atoms with Gasteiger partial charge >= 0.3 is 5.97 Å². The van der Waals surface area contributed by atoms with E-state index in [0.717, 1.165) is 17.1 Å². The van der Waals surface area contributed by atoms with E-state index in [-0.39, 0.29) is 0 Å². The zero-order chi connectivity index (χ0) is 13.1. The van der Waals surface area contributed by atoms with Crippen LogP contribution in [0, 0.1) is 5.92 Å². The Labute approximate surface area is 102 Å². The van der Waals surface area contributed by atoms with E-state index in [1.807, 2.05) is 0 Å². The summed E-state index contributed by atoms with van der Waals surface area (Å²) in [6.07, 6.45) is 1.98. The van der Waals surface area contributed by atoms with Gasteiger partial charge in [-0.1, -0.05) is 13.8 Å². The molecule has 0 spiro atoms. The molecule has 0 bridgehead atoms. The lowest BCUT2D eigenvalue weighted by Crippen LogP contribution is -2.46. The van der Waals surface area contributed by atoms with Crippen molar-refractivity contribution in [2.24, 2.45) is 5.92 Å². The Kier molecular flexibility index (Phi) is 4.91. The van der Waals surface area contributed by atoms with Gasteiger partial charge in [-0.15, -0.1) is 0 Å². The monoisotopic (exact) mass is 264 g/mol. The third-order valence-corrected chi connectivity index (χ3v) is 4.93. The van der Waals surface area contributed by atoms with Gasteiger partial charge in [-0.2, -0.15) is 17.0 Å². The first kappa shape index (κ1) is 14.4. The number of carboxylic acid groups (broad SMARTS) is 1. The van der Waals surface area contributed by atoms with Gasteiger partial charge in [-0.3, -0.25) is 4.79 Å². The molecule has 1 saturated carbocycles. The zero-order valence-corrected chi connectivity index (χ0v) is 11.1. The van der Waals surface area contributed by atoms with Crippen molar-refractivity contribution in [1.82, 2.24) is 8.61 Å². The Hall–Kier alpha value is -0.660. The number of carboxylic acids is 1. The molecule has 0 aromatic carbocycles. The number of aliphatic carboxylic acids is 1. The van der Waals surface area contributed by atoms with Crippen molar-refractivity contribution in [2.45, 2.75) is 26.7 Å². The van der Waals surface area contributed by atoms with Gasteiger partial charge in [0.1, 0.15) is 6.54 Å². The molecule has 7 heteroatoms. The normalized spacial score (nSPS) is 16.7. The van der Waals surface area contributed by atoms with Crippen molar-refractivity contribution in [1.29, 1.82) is 0 Å². The zero-order valence-electron chi connectivity index (χ0n) is 10.3. The Morgan fingerprint density at radius 1 is 1.24 bits per heavy atom. The SMILES string of the molecule is CCN(CC)S(=O)(=O)N(CC(=O)O)CC1CC1. The maximum Gasteiger partial charge on any atom is 0.318 e. The molecule has 0 saturated heterocycles. The second-order valence-electron chi connectivity index (χ2n) is 4.22. The highest BCUT2D eigenvalue weighted by Gasteiger charge is 2.34. The molecule has 1 fully saturated rings. The fraction of sp³-hybridized carbons (Fsp3) is 0.900. The minimum atomic E-state index is -3.63. The molecule has 100 valence electrons. The van der Waals surface area contributed by atoms with Crippen LogP contribution in [0.3, 0.4) is 0 Å².